The van der Waals surface area contributed by atoms with Crippen molar-refractivity contribution in [2.45, 2.75) is 39.2 Å². The minimum atomic E-state index is -0.534. The van der Waals surface area contributed by atoms with E-state index in [4.69, 9.17) is 9.72 Å². The third-order valence-corrected chi connectivity index (χ3v) is 6.00. The van der Waals surface area contributed by atoms with E-state index in [1.807, 2.05) is 39.0 Å². The van der Waals surface area contributed by atoms with Gasteiger partial charge in [-0.25, -0.2) is 9.78 Å². The maximum atomic E-state index is 13.3. The molecule has 0 unspecified atom stereocenters. The number of anilines is 3. The number of aryl methyl sites for hydroxylation is 1. The molecule has 0 spiro atoms. The summed E-state index contributed by atoms with van der Waals surface area (Å²) in [4.78, 5) is 26.4. The second kappa shape index (κ2) is 8.39. The van der Waals surface area contributed by atoms with Crippen LogP contribution in [0, 0.1) is 6.92 Å². The third kappa shape index (κ3) is 4.49. The molecule has 1 fully saturated rings. The maximum absolute atomic E-state index is 13.3. The maximum Gasteiger partial charge on any atom is 0.327 e. The summed E-state index contributed by atoms with van der Waals surface area (Å²) >= 11 is 0. The molecule has 1 saturated heterocycles. The highest BCUT2D eigenvalue weighted by Crippen LogP contribution is 2.38. The first kappa shape index (κ1) is 21.2. The fraction of sp³-hybridized carbons (Fsp3) is 0.346. The summed E-state index contributed by atoms with van der Waals surface area (Å²) < 4.78 is 6.16. The van der Waals surface area contributed by atoms with E-state index in [0.29, 0.717) is 23.8 Å². The Morgan fingerprint density at radius 3 is 2.70 bits per heavy atom. The Kier molecular flexibility index (Phi) is 5.40. The second-order valence-electron chi connectivity index (χ2n) is 9.39. The van der Waals surface area contributed by atoms with E-state index in [1.165, 1.54) is 18.5 Å². The second-order valence-corrected chi connectivity index (χ2v) is 9.39. The van der Waals surface area contributed by atoms with Gasteiger partial charge in [-0.3, -0.25) is 9.88 Å². The summed E-state index contributed by atoms with van der Waals surface area (Å²) in [5.41, 5.74) is 4.15. The molecule has 2 amide bonds. The average Bonchev–Trinajstić information content (AvgIpc) is 3.33. The SMILES string of the molecule is Cc1cncc(NC(=O)N2CC(C)(C)Oc3ccc(-c4cccc(N5CCCC5)c4)nc32)c1. The Hall–Kier alpha value is -3.61. The highest BCUT2D eigenvalue weighted by molar-refractivity contribution is 6.02. The van der Waals surface area contributed by atoms with Crippen LogP contribution < -0.4 is 19.9 Å². The Bertz CT molecular complexity index is 1190. The van der Waals surface area contributed by atoms with Crippen molar-refractivity contribution in [3.05, 3.63) is 60.4 Å². The summed E-state index contributed by atoms with van der Waals surface area (Å²) in [5, 5.41) is 2.96. The molecule has 0 radical (unpaired) electrons. The van der Waals surface area contributed by atoms with E-state index in [0.717, 1.165) is 29.9 Å². The van der Waals surface area contributed by atoms with Crippen molar-refractivity contribution < 1.29 is 9.53 Å². The standard InChI is InChI=1S/C26H29N5O2/c1-18-13-20(16-27-15-18)28-25(32)31-17-26(2,3)33-23-10-9-22(29-24(23)31)19-7-6-8-21(14-19)30-11-4-5-12-30/h6-10,13-16H,4-5,11-12,17H2,1-3H3,(H,28,32). The minimum Gasteiger partial charge on any atom is -0.482 e. The van der Waals surface area contributed by atoms with Crippen LogP contribution in [0.2, 0.25) is 0 Å². The summed E-state index contributed by atoms with van der Waals surface area (Å²) in [7, 11) is 0. The number of urea groups is 1. The van der Waals surface area contributed by atoms with Gasteiger partial charge >= 0.3 is 6.03 Å². The van der Waals surface area contributed by atoms with Crippen LogP contribution in [0.15, 0.2) is 54.9 Å². The normalized spacial score (nSPS) is 16.8. The number of hydrogen-bond donors (Lipinski definition) is 1. The quantitative estimate of drug-likeness (QED) is 0.598. The highest BCUT2D eigenvalue weighted by atomic mass is 16.5. The van der Waals surface area contributed by atoms with Crippen LogP contribution in [0.1, 0.15) is 32.3 Å². The number of nitrogens with one attached hydrogen (secondary N) is 1. The van der Waals surface area contributed by atoms with Gasteiger partial charge in [-0.2, -0.15) is 0 Å². The van der Waals surface area contributed by atoms with Crippen LogP contribution in [0.4, 0.5) is 22.0 Å². The number of benzene rings is 1. The molecule has 0 aliphatic carbocycles. The van der Waals surface area contributed by atoms with Gasteiger partial charge in [0.25, 0.3) is 0 Å². The molecule has 0 saturated carbocycles. The first-order valence-corrected chi connectivity index (χ1v) is 11.4. The van der Waals surface area contributed by atoms with Crippen LogP contribution in [0.3, 0.4) is 0 Å². The molecule has 2 aliphatic rings. The zero-order valence-electron chi connectivity index (χ0n) is 19.3. The van der Waals surface area contributed by atoms with Gasteiger partial charge in [0.15, 0.2) is 11.6 Å². The number of rotatable bonds is 3. The summed E-state index contributed by atoms with van der Waals surface area (Å²) in [6.07, 6.45) is 5.86. The smallest absolute Gasteiger partial charge is 0.327 e. The lowest BCUT2D eigenvalue weighted by Crippen LogP contribution is -2.51. The number of ether oxygens (including phenoxy) is 1. The van der Waals surface area contributed by atoms with Gasteiger partial charge in [-0.15, -0.1) is 0 Å². The largest absolute Gasteiger partial charge is 0.482 e. The predicted octanol–water partition coefficient (Wildman–Crippen LogP) is 5.26. The summed E-state index contributed by atoms with van der Waals surface area (Å²) in [6.45, 7) is 8.45. The molecule has 33 heavy (non-hydrogen) atoms. The van der Waals surface area contributed by atoms with Crippen LogP contribution in [0.5, 0.6) is 5.75 Å². The third-order valence-electron chi connectivity index (χ3n) is 6.00. The first-order valence-electron chi connectivity index (χ1n) is 11.4. The zero-order valence-corrected chi connectivity index (χ0v) is 19.3. The summed E-state index contributed by atoms with van der Waals surface area (Å²) in [5.74, 6) is 1.12. The lowest BCUT2D eigenvalue weighted by atomic mass is 10.1. The molecule has 3 aromatic rings. The van der Waals surface area contributed by atoms with Crippen molar-refractivity contribution in [3.8, 4) is 17.0 Å². The van der Waals surface area contributed by atoms with E-state index in [9.17, 15) is 4.79 Å². The molecule has 1 aromatic carbocycles. The molecular weight excluding hydrogens is 414 g/mol. The van der Waals surface area contributed by atoms with Crippen LogP contribution in [-0.4, -0.2) is 41.2 Å². The Labute approximate surface area is 194 Å². The van der Waals surface area contributed by atoms with E-state index in [1.54, 1.807) is 17.3 Å². The highest BCUT2D eigenvalue weighted by Gasteiger charge is 2.36. The summed E-state index contributed by atoms with van der Waals surface area (Å²) in [6, 6.07) is 14.0. The molecule has 1 N–H and O–H groups in total. The van der Waals surface area contributed by atoms with E-state index in [-0.39, 0.29) is 6.03 Å². The molecular formula is C26H29N5O2. The molecule has 2 aliphatic heterocycles. The van der Waals surface area contributed by atoms with Crippen LogP contribution >= 0.6 is 0 Å². The minimum absolute atomic E-state index is 0.254. The van der Waals surface area contributed by atoms with Crippen LogP contribution in [-0.2, 0) is 0 Å². The number of aromatic nitrogens is 2. The monoisotopic (exact) mass is 443 g/mol. The van der Waals surface area contributed by atoms with Crippen molar-refractivity contribution >= 4 is 23.2 Å². The Morgan fingerprint density at radius 2 is 1.91 bits per heavy atom. The number of carbonyl (C=O) groups excluding carboxylic acids is 1. The van der Waals surface area contributed by atoms with E-state index < -0.39 is 5.60 Å². The van der Waals surface area contributed by atoms with Gasteiger partial charge in [-0.05, 0) is 69.5 Å². The number of pyridine rings is 2. The van der Waals surface area contributed by atoms with Crippen molar-refractivity contribution in [3.63, 3.8) is 0 Å². The molecule has 4 heterocycles. The topological polar surface area (TPSA) is 70.6 Å². The molecule has 7 nitrogen and oxygen atoms in total. The van der Waals surface area contributed by atoms with Gasteiger partial charge < -0.3 is 15.0 Å². The Balaban J connectivity index is 1.48. The van der Waals surface area contributed by atoms with E-state index in [2.05, 4.69) is 39.5 Å². The lowest BCUT2D eigenvalue weighted by molar-refractivity contribution is 0.106. The molecule has 2 aromatic heterocycles. The number of hydrogen-bond acceptors (Lipinski definition) is 5. The molecule has 5 rings (SSSR count). The van der Waals surface area contributed by atoms with E-state index >= 15 is 0 Å². The van der Waals surface area contributed by atoms with Gasteiger partial charge in [0.1, 0.15) is 5.60 Å². The van der Waals surface area contributed by atoms with Crippen molar-refractivity contribution in [2.24, 2.45) is 0 Å². The molecule has 7 heteroatoms. The number of nitrogens with zero attached hydrogens (tertiary/aromatic N) is 4. The number of amides is 2. The van der Waals surface area contributed by atoms with Gasteiger partial charge in [0.05, 0.1) is 24.1 Å². The lowest BCUT2D eigenvalue weighted by Gasteiger charge is -2.38. The fourth-order valence-corrected chi connectivity index (χ4v) is 4.47. The van der Waals surface area contributed by atoms with Crippen molar-refractivity contribution in [2.75, 3.05) is 34.8 Å². The first-order chi connectivity index (χ1) is 15.9. The van der Waals surface area contributed by atoms with Crippen molar-refractivity contribution in [1.82, 2.24) is 9.97 Å². The molecule has 0 atom stereocenters. The van der Waals surface area contributed by atoms with Gasteiger partial charge in [-0.1, -0.05) is 12.1 Å². The Morgan fingerprint density at radius 1 is 1.09 bits per heavy atom. The molecule has 170 valence electrons. The van der Waals surface area contributed by atoms with Gasteiger partial charge in [0, 0.05) is 30.5 Å². The van der Waals surface area contributed by atoms with Gasteiger partial charge in [0.2, 0.25) is 0 Å². The van der Waals surface area contributed by atoms with Crippen molar-refractivity contribution in [1.29, 1.82) is 0 Å². The predicted molar refractivity (Wildman–Crippen MR) is 131 cm³/mol. The fourth-order valence-electron chi connectivity index (χ4n) is 4.47. The number of carbonyl (C=O) groups is 1. The average molecular weight is 444 g/mol. The number of fused-ring (bicyclic) bond motifs is 1. The molecule has 0 bridgehead atoms. The van der Waals surface area contributed by atoms with Crippen LogP contribution in [0.25, 0.3) is 11.3 Å². The zero-order chi connectivity index (χ0) is 23.0.